The van der Waals surface area contributed by atoms with Gasteiger partial charge in [-0.1, -0.05) is 32.3 Å². The summed E-state index contributed by atoms with van der Waals surface area (Å²) >= 11 is 0. The molecule has 7 nitrogen and oxygen atoms in total. The van der Waals surface area contributed by atoms with Crippen molar-refractivity contribution in [2.45, 2.75) is 39.0 Å². The van der Waals surface area contributed by atoms with E-state index in [0.29, 0.717) is 18.9 Å². The Balaban J connectivity index is 1.61. The first-order valence-electron chi connectivity index (χ1n) is 9.68. The van der Waals surface area contributed by atoms with Gasteiger partial charge in [-0.05, 0) is 18.6 Å². The van der Waals surface area contributed by atoms with Gasteiger partial charge < -0.3 is 20.9 Å². The molecule has 1 aromatic heterocycles. The third-order valence-electron chi connectivity index (χ3n) is 4.54. The predicted molar refractivity (Wildman–Crippen MR) is 106 cm³/mol. The van der Waals surface area contributed by atoms with E-state index in [1.165, 1.54) is 19.3 Å². The summed E-state index contributed by atoms with van der Waals surface area (Å²) in [6.07, 6.45) is 6.95. The number of guanidine groups is 1. The number of pyridine rings is 1. The number of hydrogen-bond donors (Lipinski definition) is 2. The van der Waals surface area contributed by atoms with Crippen LogP contribution in [0.2, 0.25) is 0 Å². The van der Waals surface area contributed by atoms with E-state index < -0.39 is 0 Å². The lowest BCUT2D eigenvalue weighted by Gasteiger charge is -2.35. The number of nitrogens with zero attached hydrogens (tertiary/aromatic N) is 4. The first-order valence-corrected chi connectivity index (χ1v) is 9.68. The number of hydrogen-bond acceptors (Lipinski definition) is 4. The minimum absolute atomic E-state index is 0.161. The fourth-order valence-corrected chi connectivity index (χ4v) is 2.98. The van der Waals surface area contributed by atoms with E-state index in [1.54, 1.807) is 6.20 Å². The lowest BCUT2D eigenvalue weighted by Crippen LogP contribution is -2.49. The van der Waals surface area contributed by atoms with Crippen molar-refractivity contribution in [2.24, 2.45) is 10.7 Å². The molecule has 0 atom stereocenters. The van der Waals surface area contributed by atoms with Crippen LogP contribution in [0.25, 0.3) is 0 Å². The molecule has 7 heteroatoms. The summed E-state index contributed by atoms with van der Waals surface area (Å²) in [5, 5.41) is 3.04. The summed E-state index contributed by atoms with van der Waals surface area (Å²) < 4.78 is 0. The van der Waals surface area contributed by atoms with Gasteiger partial charge in [0.2, 0.25) is 5.91 Å². The highest BCUT2D eigenvalue weighted by molar-refractivity contribution is 5.80. The van der Waals surface area contributed by atoms with Crippen molar-refractivity contribution in [3.8, 4) is 0 Å². The number of carbonyl (C=O) groups is 1. The Kier molecular flexibility index (Phi) is 8.72. The van der Waals surface area contributed by atoms with Gasteiger partial charge in [-0.15, -0.1) is 0 Å². The molecule has 1 aliphatic heterocycles. The van der Waals surface area contributed by atoms with Crippen LogP contribution >= 0.6 is 0 Å². The second-order valence-electron chi connectivity index (χ2n) is 6.56. The molecule has 0 unspecified atom stereocenters. The molecule has 144 valence electrons. The molecule has 1 fully saturated rings. The highest BCUT2D eigenvalue weighted by Crippen LogP contribution is 2.12. The summed E-state index contributed by atoms with van der Waals surface area (Å²) in [5.41, 5.74) is 5.84. The average Bonchev–Trinajstić information content (AvgIpc) is 2.68. The van der Waals surface area contributed by atoms with Gasteiger partial charge in [0.1, 0.15) is 5.82 Å². The number of carbonyl (C=O) groups excluding carboxylic acids is 1. The number of aromatic nitrogens is 1. The predicted octanol–water partition coefficient (Wildman–Crippen LogP) is 1.60. The van der Waals surface area contributed by atoms with Gasteiger partial charge in [0.25, 0.3) is 0 Å². The first kappa shape index (κ1) is 20.0. The Hall–Kier alpha value is -2.31. The van der Waals surface area contributed by atoms with E-state index >= 15 is 0 Å². The lowest BCUT2D eigenvalue weighted by molar-refractivity contribution is -0.131. The lowest BCUT2D eigenvalue weighted by atomic mass is 10.2. The van der Waals surface area contributed by atoms with Gasteiger partial charge in [-0.25, -0.2) is 4.98 Å². The third-order valence-corrected chi connectivity index (χ3v) is 4.54. The number of nitrogens with two attached hydrogens (primary N) is 1. The molecular formula is C19H32N6O. The van der Waals surface area contributed by atoms with E-state index in [2.05, 4.69) is 27.1 Å². The maximum atomic E-state index is 12.3. The summed E-state index contributed by atoms with van der Waals surface area (Å²) in [5.74, 6) is 1.58. The molecule has 26 heavy (non-hydrogen) atoms. The highest BCUT2D eigenvalue weighted by Gasteiger charge is 2.21. The molecule has 0 bridgehead atoms. The van der Waals surface area contributed by atoms with Gasteiger partial charge in [-0.2, -0.15) is 0 Å². The van der Waals surface area contributed by atoms with Crippen LogP contribution in [-0.2, 0) is 4.79 Å². The van der Waals surface area contributed by atoms with Crippen LogP contribution in [0, 0.1) is 0 Å². The molecule has 2 rings (SSSR count). The molecule has 1 saturated heterocycles. The van der Waals surface area contributed by atoms with Gasteiger partial charge in [0.15, 0.2) is 5.96 Å². The van der Waals surface area contributed by atoms with E-state index in [0.717, 1.165) is 45.0 Å². The minimum Gasteiger partial charge on any atom is -0.370 e. The second-order valence-corrected chi connectivity index (χ2v) is 6.56. The Morgan fingerprint density at radius 3 is 2.73 bits per heavy atom. The minimum atomic E-state index is 0.161. The van der Waals surface area contributed by atoms with Crippen molar-refractivity contribution in [1.82, 2.24) is 15.2 Å². The van der Waals surface area contributed by atoms with Crippen molar-refractivity contribution < 1.29 is 4.79 Å². The second kappa shape index (κ2) is 11.3. The van der Waals surface area contributed by atoms with Crippen LogP contribution in [0.1, 0.15) is 39.0 Å². The van der Waals surface area contributed by atoms with Crippen molar-refractivity contribution in [1.29, 1.82) is 0 Å². The summed E-state index contributed by atoms with van der Waals surface area (Å²) in [6, 6.07) is 5.91. The van der Waals surface area contributed by atoms with Crippen LogP contribution in [0.3, 0.4) is 0 Å². The number of aliphatic imine (C=N–C) groups is 1. The molecule has 0 spiro atoms. The number of nitrogens with one attached hydrogen (secondary N) is 1. The monoisotopic (exact) mass is 360 g/mol. The van der Waals surface area contributed by atoms with E-state index in [-0.39, 0.29) is 5.91 Å². The van der Waals surface area contributed by atoms with Gasteiger partial charge in [0, 0.05) is 51.9 Å². The van der Waals surface area contributed by atoms with Crippen molar-refractivity contribution >= 4 is 17.7 Å². The van der Waals surface area contributed by atoms with E-state index in [9.17, 15) is 4.79 Å². The Morgan fingerprint density at radius 1 is 1.23 bits per heavy atom. The SMILES string of the molecule is CCCCCCN=C(N)NCCC(=O)N1CCN(c2ccccn2)CC1. The molecule has 0 radical (unpaired) electrons. The number of rotatable bonds is 9. The van der Waals surface area contributed by atoms with Crippen LogP contribution in [0.4, 0.5) is 5.82 Å². The van der Waals surface area contributed by atoms with Crippen LogP contribution < -0.4 is 16.0 Å². The Bertz CT molecular complexity index is 554. The zero-order valence-corrected chi connectivity index (χ0v) is 15.9. The van der Waals surface area contributed by atoms with Crippen molar-refractivity contribution in [3.05, 3.63) is 24.4 Å². The topological polar surface area (TPSA) is 86.8 Å². The fraction of sp³-hybridized carbons (Fsp3) is 0.632. The summed E-state index contributed by atoms with van der Waals surface area (Å²) in [6.45, 7) is 6.57. The van der Waals surface area contributed by atoms with Crippen molar-refractivity contribution in [3.63, 3.8) is 0 Å². The number of anilines is 1. The van der Waals surface area contributed by atoms with Gasteiger partial charge in [-0.3, -0.25) is 9.79 Å². The third kappa shape index (κ3) is 6.90. The maximum absolute atomic E-state index is 12.3. The van der Waals surface area contributed by atoms with Crippen LogP contribution in [0.5, 0.6) is 0 Å². The molecular weight excluding hydrogens is 328 g/mol. The molecule has 0 aliphatic carbocycles. The smallest absolute Gasteiger partial charge is 0.224 e. The molecule has 0 aromatic carbocycles. The zero-order chi connectivity index (χ0) is 18.6. The molecule has 0 saturated carbocycles. The molecule has 1 aliphatic rings. The van der Waals surface area contributed by atoms with Crippen LogP contribution in [0.15, 0.2) is 29.4 Å². The number of unbranched alkanes of at least 4 members (excludes halogenated alkanes) is 3. The highest BCUT2D eigenvalue weighted by atomic mass is 16.2. The fourth-order valence-electron chi connectivity index (χ4n) is 2.98. The average molecular weight is 361 g/mol. The van der Waals surface area contributed by atoms with Gasteiger partial charge in [0.05, 0.1) is 0 Å². The quantitative estimate of drug-likeness (QED) is 0.397. The maximum Gasteiger partial charge on any atom is 0.224 e. The molecule has 1 amide bonds. The van der Waals surface area contributed by atoms with Crippen molar-refractivity contribution in [2.75, 3.05) is 44.2 Å². The van der Waals surface area contributed by atoms with E-state index in [4.69, 9.17) is 5.73 Å². The standard InChI is InChI=1S/C19H32N6O/c1-2-3-4-6-11-22-19(20)23-12-9-18(26)25-15-13-24(14-16-25)17-8-5-7-10-21-17/h5,7-8,10H,2-4,6,9,11-16H2,1H3,(H3,20,22,23). The molecule has 1 aromatic rings. The number of amides is 1. The van der Waals surface area contributed by atoms with E-state index in [1.807, 2.05) is 23.1 Å². The first-order chi connectivity index (χ1) is 12.7. The Morgan fingerprint density at radius 2 is 2.04 bits per heavy atom. The van der Waals surface area contributed by atoms with Gasteiger partial charge >= 0.3 is 0 Å². The Labute approximate surface area is 156 Å². The molecule has 3 N–H and O–H groups in total. The number of piperazine rings is 1. The summed E-state index contributed by atoms with van der Waals surface area (Å²) in [4.78, 5) is 25.1. The summed E-state index contributed by atoms with van der Waals surface area (Å²) in [7, 11) is 0. The zero-order valence-electron chi connectivity index (χ0n) is 15.9. The molecule has 2 heterocycles. The normalized spacial score (nSPS) is 15.2. The largest absolute Gasteiger partial charge is 0.370 e. The van der Waals surface area contributed by atoms with Crippen LogP contribution in [-0.4, -0.2) is 61.0 Å².